The molecule has 0 unspecified atom stereocenters. The number of anilines is 1. The van der Waals surface area contributed by atoms with Gasteiger partial charge in [0.1, 0.15) is 0 Å². The lowest BCUT2D eigenvalue weighted by molar-refractivity contribution is -0.144. The minimum atomic E-state index is -0.670. The van der Waals surface area contributed by atoms with E-state index in [1.165, 1.54) is 5.56 Å². The molecule has 0 radical (unpaired) electrons. The molecular weight excluding hydrogens is 226 g/mol. The molecular formula is C15H21NO2. The van der Waals surface area contributed by atoms with Crippen molar-refractivity contribution in [1.82, 2.24) is 0 Å². The van der Waals surface area contributed by atoms with Crippen molar-refractivity contribution in [2.45, 2.75) is 45.1 Å². The Labute approximate surface area is 108 Å². The van der Waals surface area contributed by atoms with E-state index in [0.717, 1.165) is 18.5 Å². The zero-order valence-electron chi connectivity index (χ0n) is 11.2. The summed E-state index contributed by atoms with van der Waals surface area (Å²) in [6.07, 6.45) is 1.46. The Kier molecular flexibility index (Phi) is 3.33. The molecule has 0 spiro atoms. The van der Waals surface area contributed by atoms with Gasteiger partial charge in [-0.1, -0.05) is 32.9 Å². The number of carboxylic acids is 1. The quantitative estimate of drug-likeness (QED) is 0.862. The van der Waals surface area contributed by atoms with Gasteiger partial charge in [-0.25, -0.2) is 0 Å². The second-order valence-corrected chi connectivity index (χ2v) is 6.18. The molecule has 2 N–H and O–H groups in total. The molecule has 3 heteroatoms. The van der Waals surface area contributed by atoms with E-state index >= 15 is 0 Å². The third kappa shape index (κ3) is 2.84. The highest BCUT2D eigenvalue weighted by Gasteiger charge is 2.34. The first-order valence-corrected chi connectivity index (χ1v) is 6.46. The fourth-order valence-corrected chi connectivity index (χ4v) is 2.24. The molecule has 1 saturated carbocycles. The van der Waals surface area contributed by atoms with Gasteiger partial charge in [-0.15, -0.1) is 0 Å². The van der Waals surface area contributed by atoms with Gasteiger partial charge >= 0.3 is 5.97 Å². The van der Waals surface area contributed by atoms with Gasteiger partial charge in [0.2, 0.25) is 0 Å². The van der Waals surface area contributed by atoms with E-state index in [1.807, 2.05) is 0 Å². The van der Waals surface area contributed by atoms with Crippen LogP contribution in [0.2, 0.25) is 0 Å². The predicted molar refractivity (Wildman–Crippen MR) is 72.9 cm³/mol. The molecule has 1 fully saturated rings. The summed E-state index contributed by atoms with van der Waals surface area (Å²) < 4.78 is 0. The Morgan fingerprint density at radius 3 is 2.22 bits per heavy atom. The SMILES string of the molecule is CC(C)(C)c1ccc(NC2CC(C(=O)O)C2)cc1. The van der Waals surface area contributed by atoms with Gasteiger partial charge in [0, 0.05) is 11.7 Å². The number of carbonyl (C=O) groups is 1. The van der Waals surface area contributed by atoms with E-state index in [4.69, 9.17) is 5.11 Å². The number of aliphatic carboxylic acids is 1. The smallest absolute Gasteiger partial charge is 0.306 e. The minimum Gasteiger partial charge on any atom is -0.481 e. The Balaban J connectivity index is 1.90. The van der Waals surface area contributed by atoms with Gasteiger partial charge in [0.15, 0.2) is 0 Å². The van der Waals surface area contributed by atoms with Gasteiger partial charge in [0.05, 0.1) is 5.92 Å². The Morgan fingerprint density at radius 1 is 1.22 bits per heavy atom. The van der Waals surface area contributed by atoms with Crippen LogP contribution in [0.3, 0.4) is 0 Å². The highest BCUT2D eigenvalue weighted by Crippen LogP contribution is 2.31. The zero-order chi connectivity index (χ0) is 13.3. The fourth-order valence-electron chi connectivity index (χ4n) is 2.24. The number of hydrogen-bond donors (Lipinski definition) is 2. The molecule has 1 aromatic carbocycles. The van der Waals surface area contributed by atoms with Gasteiger partial charge in [0.25, 0.3) is 0 Å². The van der Waals surface area contributed by atoms with Crippen molar-refractivity contribution in [3.63, 3.8) is 0 Å². The number of nitrogens with one attached hydrogen (secondary N) is 1. The van der Waals surface area contributed by atoms with Crippen molar-refractivity contribution in [3.05, 3.63) is 29.8 Å². The molecule has 0 aromatic heterocycles. The van der Waals surface area contributed by atoms with E-state index in [1.54, 1.807) is 0 Å². The molecule has 0 atom stereocenters. The molecule has 1 aliphatic rings. The maximum atomic E-state index is 10.7. The Bertz CT molecular complexity index is 425. The van der Waals surface area contributed by atoms with Crippen molar-refractivity contribution >= 4 is 11.7 Å². The largest absolute Gasteiger partial charge is 0.481 e. The standard InChI is InChI=1S/C15H21NO2/c1-15(2,3)11-4-6-12(7-5-11)16-13-8-10(9-13)14(17)18/h4-7,10,13,16H,8-9H2,1-3H3,(H,17,18). The monoisotopic (exact) mass is 247 g/mol. The third-order valence-electron chi connectivity index (χ3n) is 3.61. The summed E-state index contributed by atoms with van der Waals surface area (Å²) in [5.41, 5.74) is 2.56. The summed E-state index contributed by atoms with van der Waals surface area (Å²) in [6, 6.07) is 8.74. The van der Waals surface area contributed by atoms with Crippen LogP contribution in [-0.2, 0) is 10.2 Å². The molecule has 0 aliphatic heterocycles. The summed E-state index contributed by atoms with van der Waals surface area (Å²) in [4.78, 5) is 10.7. The lowest BCUT2D eigenvalue weighted by Crippen LogP contribution is -2.39. The van der Waals surface area contributed by atoms with Crippen LogP contribution in [0, 0.1) is 5.92 Å². The molecule has 2 rings (SSSR count). The molecule has 3 nitrogen and oxygen atoms in total. The number of rotatable bonds is 3. The van der Waals surface area contributed by atoms with Crippen LogP contribution in [0.15, 0.2) is 24.3 Å². The first kappa shape index (κ1) is 12.9. The van der Waals surface area contributed by atoms with Gasteiger partial charge in [-0.05, 0) is 36.0 Å². The molecule has 0 bridgehead atoms. The summed E-state index contributed by atoms with van der Waals surface area (Å²) in [5, 5.41) is 12.2. The highest BCUT2D eigenvalue weighted by atomic mass is 16.4. The van der Waals surface area contributed by atoms with Crippen molar-refractivity contribution in [2.24, 2.45) is 5.92 Å². The van der Waals surface area contributed by atoms with E-state index in [0.29, 0.717) is 6.04 Å². The van der Waals surface area contributed by atoms with Crippen LogP contribution in [0.1, 0.15) is 39.2 Å². The van der Waals surface area contributed by atoms with Crippen LogP contribution < -0.4 is 5.32 Å². The summed E-state index contributed by atoms with van der Waals surface area (Å²) in [7, 11) is 0. The first-order valence-electron chi connectivity index (χ1n) is 6.46. The predicted octanol–water partition coefficient (Wildman–Crippen LogP) is 3.26. The minimum absolute atomic E-state index is 0.156. The van der Waals surface area contributed by atoms with Crippen LogP contribution >= 0.6 is 0 Å². The highest BCUT2D eigenvalue weighted by molar-refractivity contribution is 5.71. The van der Waals surface area contributed by atoms with Crippen molar-refractivity contribution in [2.75, 3.05) is 5.32 Å². The van der Waals surface area contributed by atoms with Crippen molar-refractivity contribution in [1.29, 1.82) is 0 Å². The van der Waals surface area contributed by atoms with Crippen LogP contribution in [0.25, 0.3) is 0 Å². The Hall–Kier alpha value is -1.51. The average molecular weight is 247 g/mol. The molecule has 0 amide bonds. The maximum absolute atomic E-state index is 10.7. The summed E-state index contributed by atoms with van der Waals surface area (Å²) >= 11 is 0. The third-order valence-corrected chi connectivity index (χ3v) is 3.61. The summed E-state index contributed by atoms with van der Waals surface area (Å²) in [5.74, 6) is -0.826. The molecule has 1 aliphatic carbocycles. The molecule has 18 heavy (non-hydrogen) atoms. The summed E-state index contributed by atoms with van der Waals surface area (Å²) in [6.45, 7) is 6.58. The molecule has 1 aromatic rings. The maximum Gasteiger partial charge on any atom is 0.306 e. The normalized spacial score (nSPS) is 23.3. The Morgan fingerprint density at radius 2 is 1.78 bits per heavy atom. The van der Waals surface area contributed by atoms with Gasteiger partial charge in [-0.2, -0.15) is 0 Å². The topological polar surface area (TPSA) is 49.3 Å². The van der Waals surface area contributed by atoms with Crippen LogP contribution in [0.5, 0.6) is 0 Å². The fraction of sp³-hybridized carbons (Fsp3) is 0.533. The van der Waals surface area contributed by atoms with Crippen molar-refractivity contribution < 1.29 is 9.90 Å². The average Bonchev–Trinajstić information content (AvgIpc) is 2.21. The van der Waals surface area contributed by atoms with E-state index in [9.17, 15) is 4.79 Å². The van der Waals surface area contributed by atoms with Crippen LogP contribution in [-0.4, -0.2) is 17.1 Å². The second-order valence-electron chi connectivity index (χ2n) is 6.18. The number of benzene rings is 1. The lowest BCUT2D eigenvalue weighted by atomic mass is 9.80. The van der Waals surface area contributed by atoms with E-state index in [2.05, 4.69) is 50.4 Å². The molecule has 0 heterocycles. The van der Waals surface area contributed by atoms with Gasteiger partial charge < -0.3 is 10.4 Å². The van der Waals surface area contributed by atoms with E-state index < -0.39 is 5.97 Å². The van der Waals surface area contributed by atoms with Gasteiger partial charge in [-0.3, -0.25) is 4.79 Å². The first-order chi connectivity index (χ1) is 8.36. The van der Waals surface area contributed by atoms with Crippen LogP contribution in [0.4, 0.5) is 5.69 Å². The molecule has 98 valence electrons. The van der Waals surface area contributed by atoms with E-state index in [-0.39, 0.29) is 11.3 Å². The number of carboxylic acid groups (broad SMARTS) is 1. The zero-order valence-corrected chi connectivity index (χ0v) is 11.2. The second kappa shape index (κ2) is 4.63. The lowest BCUT2D eigenvalue weighted by Gasteiger charge is -2.33. The number of hydrogen-bond acceptors (Lipinski definition) is 2. The molecule has 0 saturated heterocycles. The van der Waals surface area contributed by atoms with Crippen molar-refractivity contribution in [3.8, 4) is 0 Å².